The topological polar surface area (TPSA) is 30.5 Å². The molecule has 3 rings (SSSR count). The lowest BCUT2D eigenvalue weighted by Gasteiger charge is -2.34. The van der Waals surface area contributed by atoms with E-state index in [-0.39, 0.29) is 6.79 Å². The number of halogens is 1. The van der Waals surface area contributed by atoms with Crippen LogP contribution < -0.4 is 14.8 Å². The molecule has 1 heterocycles. The van der Waals surface area contributed by atoms with E-state index in [9.17, 15) is 0 Å². The summed E-state index contributed by atoms with van der Waals surface area (Å²) in [6.45, 7) is 5.83. The number of hydrogen-bond donors (Lipinski definition) is 1. The molecule has 1 aromatic rings. The molecule has 4 heteroatoms. The van der Waals surface area contributed by atoms with E-state index >= 15 is 0 Å². The highest BCUT2D eigenvalue weighted by Gasteiger charge is 2.26. The maximum atomic E-state index is 6.20. The summed E-state index contributed by atoms with van der Waals surface area (Å²) in [6, 6.07) is 4.61. The number of fused-ring (bicyclic) bond motifs is 1. The Hall–Kier alpha value is -0.930. The SMILES string of the molecule is CC1(C)CCC(NCc2cc(Cl)c3c(c2)OCO3)CC1. The van der Waals surface area contributed by atoms with Crippen molar-refractivity contribution in [1.29, 1.82) is 0 Å². The molecule has 0 spiro atoms. The standard InChI is InChI=1S/C16H22ClNO2/c1-16(2)5-3-12(4-6-16)18-9-11-7-13(17)15-14(8-11)19-10-20-15/h7-8,12,18H,3-6,9-10H2,1-2H3. The van der Waals surface area contributed by atoms with Crippen molar-refractivity contribution in [2.75, 3.05) is 6.79 Å². The predicted molar refractivity (Wildman–Crippen MR) is 80.5 cm³/mol. The minimum Gasteiger partial charge on any atom is -0.454 e. The maximum Gasteiger partial charge on any atom is 0.231 e. The maximum absolute atomic E-state index is 6.20. The van der Waals surface area contributed by atoms with Crippen LogP contribution in [0.15, 0.2) is 12.1 Å². The van der Waals surface area contributed by atoms with Crippen LogP contribution in [0.4, 0.5) is 0 Å². The van der Waals surface area contributed by atoms with Gasteiger partial charge in [-0.05, 0) is 48.8 Å². The number of nitrogens with one attached hydrogen (secondary N) is 1. The number of hydrogen-bond acceptors (Lipinski definition) is 3. The largest absolute Gasteiger partial charge is 0.454 e. The van der Waals surface area contributed by atoms with E-state index in [2.05, 4.69) is 19.2 Å². The van der Waals surface area contributed by atoms with Gasteiger partial charge < -0.3 is 14.8 Å². The van der Waals surface area contributed by atoms with Crippen LogP contribution in [0.2, 0.25) is 5.02 Å². The fourth-order valence-corrected chi connectivity index (χ4v) is 3.28. The van der Waals surface area contributed by atoms with E-state index in [0.29, 0.717) is 22.2 Å². The van der Waals surface area contributed by atoms with Crippen molar-refractivity contribution >= 4 is 11.6 Å². The summed E-state index contributed by atoms with van der Waals surface area (Å²) in [5.74, 6) is 1.44. The predicted octanol–water partition coefficient (Wildman–Crippen LogP) is 4.13. The van der Waals surface area contributed by atoms with E-state index in [1.807, 2.05) is 12.1 Å². The van der Waals surface area contributed by atoms with Crippen LogP contribution in [0.3, 0.4) is 0 Å². The van der Waals surface area contributed by atoms with Gasteiger partial charge in [-0.15, -0.1) is 0 Å². The number of benzene rings is 1. The van der Waals surface area contributed by atoms with Crippen LogP contribution in [0, 0.1) is 5.41 Å². The molecule has 0 unspecified atom stereocenters. The van der Waals surface area contributed by atoms with E-state index in [4.69, 9.17) is 21.1 Å². The molecule has 0 aromatic heterocycles. The first-order valence-corrected chi connectivity index (χ1v) is 7.73. The first kappa shape index (κ1) is 14.0. The Kier molecular flexibility index (Phi) is 3.83. The van der Waals surface area contributed by atoms with Gasteiger partial charge >= 0.3 is 0 Å². The van der Waals surface area contributed by atoms with E-state index < -0.39 is 0 Å². The van der Waals surface area contributed by atoms with Crippen LogP contribution in [0.1, 0.15) is 45.1 Å². The van der Waals surface area contributed by atoms with Gasteiger partial charge in [-0.2, -0.15) is 0 Å². The second-order valence-electron chi connectivity index (χ2n) is 6.63. The van der Waals surface area contributed by atoms with Crippen molar-refractivity contribution in [3.8, 4) is 11.5 Å². The van der Waals surface area contributed by atoms with Crippen LogP contribution in [0.5, 0.6) is 11.5 Å². The normalized spacial score (nSPS) is 21.1. The van der Waals surface area contributed by atoms with Gasteiger partial charge in [0.25, 0.3) is 0 Å². The second-order valence-corrected chi connectivity index (χ2v) is 7.04. The van der Waals surface area contributed by atoms with Crippen LogP contribution in [-0.2, 0) is 6.54 Å². The average molecular weight is 296 g/mol. The van der Waals surface area contributed by atoms with Crippen molar-refractivity contribution in [3.05, 3.63) is 22.7 Å². The lowest BCUT2D eigenvalue weighted by molar-refractivity contribution is 0.174. The van der Waals surface area contributed by atoms with Crippen LogP contribution in [0.25, 0.3) is 0 Å². The van der Waals surface area contributed by atoms with Gasteiger partial charge in [-0.25, -0.2) is 0 Å². The van der Waals surface area contributed by atoms with Gasteiger partial charge in [0.15, 0.2) is 11.5 Å². The first-order chi connectivity index (χ1) is 9.53. The molecule has 1 N–H and O–H groups in total. The summed E-state index contributed by atoms with van der Waals surface area (Å²) in [4.78, 5) is 0. The summed E-state index contributed by atoms with van der Waals surface area (Å²) in [6.07, 6.45) is 5.11. The van der Waals surface area contributed by atoms with Crippen LogP contribution >= 0.6 is 11.6 Å². The van der Waals surface area contributed by atoms with Gasteiger partial charge in [-0.3, -0.25) is 0 Å². The lowest BCUT2D eigenvalue weighted by atomic mass is 9.75. The van der Waals surface area contributed by atoms with Crippen LogP contribution in [-0.4, -0.2) is 12.8 Å². The van der Waals surface area contributed by atoms with Gasteiger partial charge in [0.05, 0.1) is 5.02 Å². The third-order valence-corrected chi connectivity index (χ3v) is 4.70. The quantitative estimate of drug-likeness (QED) is 0.909. The highest BCUT2D eigenvalue weighted by Crippen LogP contribution is 2.40. The molecular weight excluding hydrogens is 274 g/mol. The zero-order valence-corrected chi connectivity index (χ0v) is 12.9. The minimum absolute atomic E-state index is 0.268. The molecule has 2 aliphatic rings. The highest BCUT2D eigenvalue weighted by molar-refractivity contribution is 6.32. The molecular formula is C16H22ClNO2. The van der Waals surface area contributed by atoms with E-state index in [1.165, 1.54) is 25.7 Å². The average Bonchev–Trinajstić information content (AvgIpc) is 2.86. The molecule has 20 heavy (non-hydrogen) atoms. The molecule has 0 saturated heterocycles. The Morgan fingerprint density at radius 2 is 2.00 bits per heavy atom. The zero-order chi connectivity index (χ0) is 14.2. The molecule has 0 amide bonds. The van der Waals surface area contributed by atoms with E-state index in [0.717, 1.165) is 17.9 Å². The van der Waals surface area contributed by atoms with Gasteiger partial charge in [-0.1, -0.05) is 25.4 Å². The summed E-state index contributed by atoms with van der Waals surface area (Å²) < 4.78 is 10.7. The summed E-state index contributed by atoms with van der Waals surface area (Å²) in [5, 5.41) is 4.28. The Balaban J connectivity index is 1.58. The third kappa shape index (κ3) is 3.04. The first-order valence-electron chi connectivity index (χ1n) is 7.35. The molecule has 1 saturated carbocycles. The Labute approximate surface area is 125 Å². The van der Waals surface area contributed by atoms with Crippen molar-refractivity contribution in [2.45, 2.75) is 52.1 Å². The second kappa shape index (κ2) is 5.45. The number of rotatable bonds is 3. The molecule has 3 nitrogen and oxygen atoms in total. The molecule has 1 aromatic carbocycles. The molecule has 1 aliphatic heterocycles. The van der Waals surface area contributed by atoms with Crippen molar-refractivity contribution in [1.82, 2.24) is 5.32 Å². The zero-order valence-electron chi connectivity index (χ0n) is 12.2. The van der Waals surface area contributed by atoms with Crippen molar-refractivity contribution in [2.24, 2.45) is 5.41 Å². The monoisotopic (exact) mass is 295 g/mol. The Morgan fingerprint density at radius 3 is 2.75 bits per heavy atom. The van der Waals surface area contributed by atoms with Crippen molar-refractivity contribution in [3.63, 3.8) is 0 Å². The number of ether oxygens (including phenoxy) is 2. The molecule has 0 atom stereocenters. The molecule has 0 bridgehead atoms. The summed E-state index contributed by atoms with van der Waals surface area (Å²) in [7, 11) is 0. The summed E-state index contributed by atoms with van der Waals surface area (Å²) >= 11 is 6.20. The smallest absolute Gasteiger partial charge is 0.231 e. The lowest BCUT2D eigenvalue weighted by Crippen LogP contribution is -2.35. The van der Waals surface area contributed by atoms with E-state index in [1.54, 1.807) is 0 Å². The highest BCUT2D eigenvalue weighted by atomic mass is 35.5. The van der Waals surface area contributed by atoms with Gasteiger partial charge in [0, 0.05) is 12.6 Å². The van der Waals surface area contributed by atoms with Crippen molar-refractivity contribution < 1.29 is 9.47 Å². The Bertz CT molecular complexity index is 491. The molecule has 1 aliphatic carbocycles. The summed E-state index contributed by atoms with van der Waals surface area (Å²) in [5.41, 5.74) is 1.67. The minimum atomic E-state index is 0.268. The fourth-order valence-electron chi connectivity index (χ4n) is 2.99. The fraction of sp³-hybridized carbons (Fsp3) is 0.625. The van der Waals surface area contributed by atoms with Gasteiger partial charge in [0.1, 0.15) is 0 Å². The molecule has 110 valence electrons. The molecule has 1 fully saturated rings. The van der Waals surface area contributed by atoms with Gasteiger partial charge in [0.2, 0.25) is 6.79 Å². The molecule has 0 radical (unpaired) electrons. The third-order valence-electron chi connectivity index (χ3n) is 4.42. The Morgan fingerprint density at radius 1 is 1.25 bits per heavy atom.